The van der Waals surface area contributed by atoms with Crippen molar-refractivity contribution in [1.29, 1.82) is 0 Å². The Hall–Kier alpha value is 0.238. The molecule has 0 aliphatic rings. The van der Waals surface area contributed by atoms with Gasteiger partial charge in [0.15, 0.2) is 0 Å². The van der Waals surface area contributed by atoms with E-state index in [9.17, 15) is 14.4 Å². The van der Waals surface area contributed by atoms with Crippen LogP contribution in [0.1, 0.15) is 28.8 Å². The number of carbonyl (C=O) groups is 1. The topological polar surface area (TPSA) is 63.2 Å². The van der Waals surface area contributed by atoms with E-state index in [-0.39, 0.29) is 84.2 Å². The van der Waals surface area contributed by atoms with Gasteiger partial charge in [-0.2, -0.15) is 6.42 Å². The van der Waals surface area contributed by atoms with Gasteiger partial charge in [0.25, 0.3) is 0 Å². The van der Waals surface area contributed by atoms with Crippen LogP contribution in [-0.4, -0.2) is 24.5 Å². The van der Waals surface area contributed by atoms with Gasteiger partial charge in [0.05, 0.1) is 0 Å². The second kappa shape index (κ2) is 12.0. The summed E-state index contributed by atoms with van der Waals surface area (Å²) in [6.07, 6.45) is 3.69. The molecule has 0 bridgehead atoms. The maximum atomic E-state index is 11.7. The van der Waals surface area contributed by atoms with Crippen LogP contribution in [0.5, 0.6) is 0 Å². The fraction of sp³-hybridized carbons (Fsp3) is 0.308. The molecule has 1 atom stereocenters. The van der Waals surface area contributed by atoms with Gasteiger partial charge in [0, 0.05) is 71.0 Å². The molecule has 96 valence electrons. The normalized spacial score (nSPS) is 10.4. The number of hydrogen-bond acceptors (Lipinski definition) is 3. The molecule has 1 unspecified atom stereocenters. The Labute approximate surface area is 163 Å². The van der Waals surface area contributed by atoms with Gasteiger partial charge in [0.1, 0.15) is 0 Å². The fourth-order valence-electron chi connectivity index (χ4n) is 1.31. The van der Waals surface area contributed by atoms with Gasteiger partial charge in [-0.05, 0) is 19.1 Å². The van der Waals surface area contributed by atoms with E-state index in [1.165, 1.54) is 0 Å². The molecule has 1 aromatic rings. The van der Waals surface area contributed by atoms with E-state index < -0.39 is 6.04 Å². The number of nitrogens with one attached hydrogen (secondary N) is 1. The Morgan fingerprint density at radius 3 is 2.26 bits per heavy atom. The van der Waals surface area contributed by atoms with E-state index >= 15 is 0 Å². The molecule has 0 aliphatic heterocycles. The third kappa shape index (κ3) is 8.19. The van der Waals surface area contributed by atoms with E-state index in [0.29, 0.717) is 5.56 Å². The smallest absolute Gasteiger partial charge is 0.249 e. The molecule has 2 radical (unpaired) electrons. The number of carbonyl (C=O) groups excluding carboxylic acids is 3. The summed E-state index contributed by atoms with van der Waals surface area (Å²) in [6, 6.07) is 6.23. The summed E-state index contributed by atoms with van der Waals surface area (Å²) < 4.78 is 0. The standard InChI is InChI=1S/C13H13NO3.2Y/c1-10-4-6-11(7-5-10)13(17)14-12(9-16)3-2-8-15;;/h4-7,12H,2-3H2,1H3,(H,14,17);;/q-2;;. The molecule has 4 nitrogen and oxygen atoms in total. The van der Waals surface area contributed by atoms with Gasteiger partial charge < -0.3 is 14.9 Å². The third-order valence-electron chi connectivity index (χ3n) is 2.30. The van der Waals surface area contributed by atoms with Gasteiger partial charge >= 0.3 is 0 Å². The Balaban J connectivity index is 0. The average molecular weight is 409 g/mol. The van der Waals surface area contributed by atoms with Gasteiger partial charge in [-0.15, -0.1) is 0 Å². The molecule has 19 heavy (non-hydrogen) atoms. The molecule has 0 aliphatic carbocycles. The van der Waals surface area contributed by atoms with Crippen molar-refractivity contribution >= 4 is 18.5 Å². The van der Waals surface area contributed by atoms with Crippen molar-refractivity contribution in [3.05, 3.63) is 35.4 Å². The van der Waals surface area contributed by atoms with Crippen LogP contribution in [-0.2, 0) is 75.0 Å². The second-order valence-electron chi connectivity index (χ2n) is 3.69. The summed E-state index contributed by atoms with van der Waals surface area (Å²) in [5, 5.41) is 2.50. The molecule has 0 spiro atoms. The molecule has 0 fully saturated rings. The Kier molecular flexibility index (Phi) is 13.6. The molecular formula is C13H13NO3Y2-2. The summed E-state index contributed by atoms with van der Waals surface area (Å²) in [7, 11) is 0. The Morgan fingerprint density at radius 2 is 1.79 bits per heavy atom. The summed E-state index contributed by atoms with van der Waals surface area (Å²) in [6.45, 7) is 1.92. The zero-order valence-corrected chi connectivity index (χ0v) is 16.4. The maximum Gasteiger partial charge on any atom is 0.249 e. The van der Waals surface area contributed by atoms with Crippen LogP contribution in [0.3, 0.4) is 0 Å². The maximum absolute atomic E-state index is 11.7. The van der Waals surface area contributed by atoms with Gasteiger partial charge in [-0.25, -0.2) is 6.29 Å². The number of aryl methyl sites for hydroxylation is 1. The van der Waals surface area contributed by atoms with Crippen molar-refractivity contribution in [2.45, 2.75) is 25.8 Å². The SMILES string of the molecule is Cc1ccc(C(=O)NC([C-]=O)CC[C-]=O)cc1.[Y].[Y]. The fourth-order valence-corrected chi connectivity index (χ4v) is 1.31. The van der Waals surface area contributed by atoms with Crippen LogP contribution < -0.4 is 5.32 Å². The molecular weight excluding hydrogens is 396 g/mol. The van der Waals surface area contributed by atoms with Crippen molar-refractivity contribution in [2.75, 3.05) is 0 Å². The van der Waals surface area contributed by atoms with Crippen LogP contribution in [0.2, 0.25) is 0 Å². The van der Waals surface area contributed by atoms with E-state index in [2.05, 4.69) is 5.32 Å². The molecule has 0 saturated carbocycles. The zero-order valence-electron chi connectivity index (χ0n) is 10.7. The Bertz CT molecular complexity index is 407. The molecule has 1 rings (SSSR count). The monoisotopic (exact) mass is 409 g/mol. The molecule has 6 heteroatoms. The van der Waals surface area contributed by atoms with Crippen LogP contribution in [0, 0.1) is 6.92 Å². The van der Waals surface area contributed by atoms with Crippen molar-refractivity contribution < 1.29 is 79.8 Å². The summed E-state index contributed by atoms with van der Waals surface area (Å²) in [5.74, 6) is -0.343. The first-order valence-corrected chi connectivity index (χ1v) is 5.27. The largest absolute Gasteiger partial charge is 0.542 e. The minimum Gasteiger partial charge on any atom is -0.542 e. The molecule has 1 aromatic carbocycles. The van der Waals surface area contributed by atoms with Crippen molar-refractivity contribution in [3.63, 3.8) is 0 Å². The molecule has 1 amide bonds. The van der Waals surface area contributed by atoms with Crippen molar-refractivity contribution in [3.8, 4) is 0 Å². The van der Waals surface area contributed by atoms with Gasteiger partial charge in [-0.1, -0.05) is 30.2 Å². The molecule has 0 heterocycles. The Morgan fingerprint density at radius 1 is 1.21 bits per heavy atom. The van der Waals surface area contributed by atoms with Crippen molar-refractivity contribution in [1.82, 2.24) is 5.32 Å². The number of amides is 1. The van der Waals surface area contributed by atoms with E-state index in [1.807, 2.05) is 19.1 Å². The first-order chi connectivity index (χ1) is 8.17. The minimum absolute atomic E-state index is 0. The summed E-state index contributed by atoms with van der Waals surface area (Å²) >= 11 is 0. The van der Waals surface area contributed by atoms with Crippen LogP contribution in [0.25, 0.3) is 0 Å². The minimum atomic E-state index is -0.759. The average Bonchev–Trinajstić information content (AvgIpc) is 2.35. The second-order valence-corrected chi connectivity index (χ2v) is 3.69. The molecule has 1 N–H and O–H groups in total. The van der Waals surface area contributed by atoms with Crippen molar-refractivity contribution in [2.24, 2.45) is 0 Å². The predicted molar refractivity (Wildman–Crippen MR) is 63.1 cm³/mol. The van der Waals surface area contributed by atoms with E-state index in [0.717, 1.165) is 5.56 Å². The van der Waals surface area contributed by atoms with Gasteiger partial charge in [0.2, 0.25) is 5.91 Å². The summed E-state index contributed by atoms with van der Waals surface area (Å²) in [5.41, 5.74) is 1.53. The molecule has 0 saturated heterocycles. The molecule has 0 aromatic heterocycles. The van der Waals surface area contributed by atoms with E-state index in [4.69, 9.17) is 0 Å². The summed E-state index contributed by atoms with van der Waals surface area (Å²) in [4.78, 5) is 32.3. The van der Waals surface area contributed by atoms with Crippen LogP contribution in [0.15, 0.2) is 24.3 Å². The first-order valence-electron chi connectivity index (χ1n) is 5.27. The number of rotatable bonds is 6. The van der Waals surface area contributed by atoms with E-state index in [1.54, 1.807) is 24.7 Å². The van der Waals surface area contributed by atoms with Gasteiger partial charge in [-0.3, -0.25) is 11.1 Å². The van der Waals surface area contributed by atoms with Crippen LogP contribution >= 0.6 is 0 Å². The quantitative estimate of drug-likeness (QED) is 0.716. The first kappa shape index (κ1) is 21.5. The number of hydrogen-bond donors (Lipinski definition) is 1. The predicted octanol–water partition coefficient (Wildman–Crippen LogP) is 1.09. The third-order valence-corrected chi connectivity index (χ3v) is 2.30. The zero-order chi connectivity index (χ0) is 12.7. The van der Waals surface area contributed by atoms with Crippen LogP contribution in [0.4, 0.5) is 0 Å². The number of benzene rings is 1.